The van der Waals surface area contributed by atoms with E-state index in [4.69, 9.17) is 18.9 Å². The summed E-state index contributed by atoms with van der Waals surface area (Å²) in [6, 6.07) is 0. The molecule has 0 bridgehead atoms. The van der Waals surface area contributed by atoms with Gasteiger partial charge in [0, 0.05) is 12.8 Å². The van der Waals surface area contributed by atoms with Crippen LogP contribution < -0.4 is 0 Å². The number of esters is 2. The van der Waals surface area contributed by atoms with Crippen molar-refractivity contribution in [3.63, 3.8) is 0 Å². The largest absolute Gasteiger partial charge is 0.462 e. The summed E-state index contributed by atoms with van der Waals surface area (Å²) in [5.74, 6) is -0.830. The van der Waals surface area contributed by atoms with Gasteiger partial charge in [0.25, 0.3) is 0 Å². The molecule has 2 unspecified atom stereocenters. The second-order valence-corrected chi connectivity index (χ2v) is 14.8. The predicted octanol–water partition coefficient (Wildman–Crippen LogP) is 8.88. The van der Waals surface area contributed by atoms with Crippen molar-refractivity contribution in [1.29, 1.82) is 0 Å². The molecule has 0 aromatic heterocycles. The summed E-state index contributed by atoms with van der Waals surface area (Å²) in [6.45, 7) is 4.81. The third-order valence-electron chi connectivity index (χ3n) is 9.84. The molecule has 1 aliphatic rings. The molecule has 1 rings (SSSR count). The van der Waals surface area contributed by atoms with E-state index in [1.165, 1.54) is 57.8 Å². The van der Waals surface area contributed by atoms with Crippen LogP contribution in [0.2, 0.25) is 0 Å². The van der Waals surface area contributed by atoms with Crippen molar-refractivity contribution >= 4 is 11.9 Å². The lowest BCUT2D eigenvalue weighted by atomic mass is 9.99. The van der Waals surface area contributed by atoms with Crippen molar-refractivity contribution < 1.29 is 49.0 Å². The van der Waals surface area contributed by atoms with E-state index < -0.39 is 49.4 Å². The van der Waals surface area contributed by atoms with E-state index in [0.717, 1.165) is 83.5 Å². The van der Waals surface area contributed by atoms with Crippen LogP contribution in [0.25, 0.3) is 0 Å². The van der Waals surface area contributed by atoms with Gasteiger partial charge in [-0.3, -0.25) is 9.59 Å². The number of carbonyl (C=O) groups is 2. The summed E-state index contributed by atoms with van der Waals surface area (Å²) >= 11 is 0. The van der Waals surface area contributed by atoms with Crippen LogP contribution in [0.3, 0.4) is 0 Å². The van der Waals surface area contributed by atoms with Gasteiger partial charge in [0.15, 0.2) is 12.4 Å². The van der Waals surface area contributed by atoms with Gasteiger partial charge in [-0.15, -0.1) is 6.58 Å². The Morgan fingerprint density at radius 2 is 1.11 bits per heavy atom. The highest BCUT2D eigenvalue weighted by molar-refractivity contribution is 5.70. The maximum atomic E-state index is 12.7. The molecule has 318 valence electrons. The van der Waals surface area contributed by atoms with Gasteiger partial charge in [-0.1, -0.05) is 139 Å². The highest BCUT2D eigenvalue weighted by Gasteiger charge is 2.44. The van der Waals surface area contributed by atoms with Crippen LogP contribution >= 0.6 is 0 Å². The fraction of sp³-hybridized carbons (Fsp3) is 0.778. The van der Waals surface area contributed by atoms with Crippen molar-refractivity contribution in [1.82, 2.24) is 0 Å². The maximum Gasteiger partial charge on any atom is 0.306 e. The number of hydrogen-bond acceptors (Lipinski definition) is 10. The number of rotatable bonds is 36. The average Bonchev–Trinajstić information content (AvgIpc) is 3.18. The molecule has 0 saturated carbocycles. The Bertz CT molecular complexity index is 1030. The molecule has 10 heteroatoms. The molecule has 0 spiro atoms. The minimum absolute atomic E-state index is 0.209. The first-order valence-corrected chi connectivity index (χ1v) is 21.7. The van der Waals surface area contributed by atoms with E-state index in [1.54, 1.807) is 0 Å². The van der Waals surface area contributed by atoms with Gasteiger partial charge in [0.1, 0.15) is 31.0 Å². The molecule has 0 aliphatic carbocycles. The lowest BCUT2D eigenvalue weighted by Gasteiger charge is -2.39. The SMILES string of the molecule is C=CCCCCCCCCCCCCCCCC(=O)OC[C@@H](CO[C@H]1O[C@@H](CO)[C@@H](O)C(O)C1O)OC(=O)CCCCCCC/C=C/C/C=C/C/C=C/CC. The summed E-state index contributed by atoms with van der Waals surface area (Å²) in [7, 11) is 0. The minimum atomic E-state index is -1.60. The van der Waals surface area contributed by atoms with Crippen molar-refractivity contribution in [2.24, 2.45) is 0 Å². The molecule has 1 aliphatic heterocycles. The monoisotopic (exact) mass is 779 g/mol. The topological polar surface area (TPSA) is 152 Å². The zero-order chi connectivity index (χ0) is 40.2. The fourth-order valence-corrected chi connectivity index (χ4v) is 6.42. The zero-order valence-corrected chi connectivity index (χ0v) is 34.2. The van der Waals surface area contributed by atoms with Gasteiger partial charge in [0.2, 0.25) is 0 Å². The molecule has 1 heterocycles. The number of allylic oxidation sites excluding steroid dienone is 7. The van der Waals surface area contributed by atoms with Crippen molar-refractivity contribution in [3.05, 3.63) is 49.1 Å². The lowest BCUT2D eigenvalue weighted by Crippen LogP contribution is -2.59. The average molecular weight is 779 g/mol. The van der Waals surface area contributed by atoms with Gasteiger partial charge in [-0.2, -0.15) is 0 Å². The summed E-state index contributed by atoms with van der Waals surface area (Å²) in [6.07, 6.45) is 32.9. The predicted molar refractivity (Wildman–Crippen MR) is 219 cm³/mol. The molecular formula is C45H78O10. The van der Waals surface area contributed by atoms with Gasteiger partial charge >= 0.3 is 11.9 Å². The first kappa shape index (κ1) is 50.7. The molecule has 6 atom stereocenters. The summed E-state index contributed by atoms with van der Waals surface area (Å²) < 4.78 is 22.1. The number of hydrogen-bond donors (Lipinski definition) is 4. The molecule has 1 fully saturated rings. The zero-order valence-electron chi connectivity index (χ0n) is 34.2. The minimum Gasteiger partial charge on any atom is -0.462 e. The number of unbranched alkanes of at least 4 members (excludes halogenated alkanes) is 18. The Balaban J connectivity index is 2.35. The van der Waals surface area contributed by atoms with E-state index in [9.17, 15) is 30.0 Å². The highest BCUT2D eigenvalue weighted by Crippen LogP contribution is 2.22. The molecule has 55 heavy (non-hydrogen) atoms. The Labute approximate surface area is 333 Å². The Morgan fingerprint density at radius 3 is 1.65 bits per heavy atom. The van der Waals surface area contributed by atoms with Gasteiger partial charge in [-0.25, -0.2) is 0 Å². The van der Waals surface area contributed by atoms with E-state index in [1.807, 2.05) is 6.08 Å². The normalized spacial score (nSPS) is 20.8. The fourth-order valence-electron chi connectivity index (χ4n) is 6.42. The Kier molecular flexibility index (Phi) is 33.2. The lowest BCUT2D eigenvalue weighted by molar-refractivity contribution is -0.305. The van der Waals surface area contributed by atoms with Crippen LogP contribution in [0.15, 0.2) is 49.1 Å². The van der Waals surface area contributed by atoms with E-state index >= 15 is 0 Å². The molecular weight excluding hydrogens is 700 g/mol. The van der Waals surface area contributed by atoms with Gasteiger partial charge < -0.3 is 39.4 Å². The summed E-state index contributed by atoms with van der Waals surface area (Å²) in [4.78, 5) is 25.3. The first-order chi connectivity index (χ1) is 26.8. The highest BCUT2D eigenvalue weighted by atomic mass is 16.7. The number of ether oxygens (including phenoxy) is 4. The van der Waals surface area contributed by atoms with Gasteiger partial charge in [-0.05, 0) is 57.8 Å². The van der Waals surface area contributed by atoms with Crippen LogP contribution in [0.5, 0.6) is 0 Å². The molecule has 10 nitrogen and oxygen atoms in total. The van der Waals surface area contributed by atoms with Crippen molar-refractivity contribution in [2.75, 3.05) is 19.8 Å². The molecule has 0 aromatic rings. The van der Waals surface area contributed by atoms with Gasteiger partial charge in [0.05, 0.1) is 13.2 Å². The molecule has 0 amide bonds. The Morgan fingerprint density at radius 1 is 0.618 bits per heavy atom. The smallest absolute Gasteiger partial charge is 0.306 e. The third kappa shape index (κ3) is 27.8. The van der Waals surface area contributed by atoms with Crippen LogP contribution in [0.4, 0.5) is 0 Å². The van der Waals surface area contributed by atoms with E-state index in [0.29, 0.717) is 6.42 Å². The summed E-state index contributed by atoms with van der Waals surface area (Å²) in [5, 5.41) is 40.0. The van der Waals surface area contributed by atoms with Crippen LogP contribution in [0, 0.1) is 0 Å². The van der Waals surface area contributed by atoms with Crippen LogP contribution in [0.1, 0.15) is 167 Å². The second-order valence-electron chi connectivity index (χ2n) is 14.8. The standard InChI is InChI=1S/C45H78O10/c1-3-5-7-9-11-13-15-17-19-21-23-25-27-29-31-33-40(47)52-36-38(37-53-45-44(51)43(50)42(49)39(35-46)55-45)54-41(48)34-32-30-28-26-24-22-20-18-16-14-12-10-8-6-4-2/h3,6,8,12,14,18,20,38-39,42-46,49-51H,1,4-5,7,9-11,13,15-17,19,21-37H2,2H3/b8-6+,14-12+,20-18+/t38-,39-,42+,43?,44?,45-/m0/s1. The first-order valence-electron chi connectivity index (χ1n) is 21.7. The van der Waals surface area contributed by atoms with E-state index in [-0.39, 0.29) is 32.0 Å². The molecule has 0 aromatic carbocycles. The summed E-state index contributed by atoms with van der Waals surface area (Å²) in [5.41, 5.74) is 0. The van der Waals surface area contributed by atoms with Crippen LogP contribution in [-0.2, 0) is 28.5 Å². The third-order valence-corrected chi connectivity index (χ3v) is 9.84. The maximum absolute atomic E-state index is 12.7. The van der Waals surface area contributed by atoms with E-state index in [2.05, 4.69) is 50.0 Å². The molecule has 4 N–H and O–H groups in total. The number of aliphatic hydroxyl groups excluding tert-OH is 4. The number of aliphatic hydroxyl groups is 4. The van der Waals surface area contributed by atoms with Crippen molar-refractivity contribution in [2.45, 2.75) is 204 Å². The molecule has 0 radical (unpaired) electrons. The number of carbonyl (C=O) groups excluding carboxylic acids is 2. The van der Waals surface area contributed by atoms with Crippen LogP contribution in [-0.4, -0.2) is 89.0 Å². The second kappa shape index (κ2) is 36.0. The molecule has 1 saturated heterocycles. The van der Waals surface area contributed by atoms with Crippen molar-refractivity contribution in [3.8, 4) is 0 Å². The Hall–Kier alpha value is -2.34. The quantitative estimate of drug-likeness (QED) is 0.0276.